The average Bonchev–Trinajstić information content (AvgIpc) is 2.87. The van der Waals surface area contributed by atoms with Gasteiger partial charge in [0.2, 0.25) is 0 Å². The zero-order valence-corrected chi connectivity index (χ0v) is 15.0. The molecule has 4 nitrogen and oxygen atoms in total. The van der Waals surface area contributed by atoms with Gasteiger partial charge in [0.1, 0.15) is 4.88 Å². The van der Waals surface area contributed by atoms with Gasteiger partial charge in [0.05, 0.1) is 10.7 Å². The van der Waals surface area contributed by atoms with Crippen molar-refractivity contribution in [3.63, 3.8) is 0 Å². The van der Waals surface area contributed by atoms with E-state index < -0.39 is 0 Å². The lowest BCUT2D eigenvalue weighted by atomic mass is 10.1. The molecule has 2 heterocycles. The van der Waals surface area contributed by atoms with Crippen LogP contribution in [0, 0.1) is 6.92 Å². The number of hydrogen-bond acceptors (Lipinski definition) is 4. The minimum absolute atomic E-state index is 0.0438. The Bertz CT molecular complexity index is 480. The maximum Gasteiger partial charge on any atom is 0.263 e. The molecule has 1 saturated heterocycles. The van der Waals surface area contributed by atoms with Crippen LogP contribution in [0.15, 0.2) is 0 Å². The van der Waals surface area contributed by atoms with Gasteiger partial charge < -0.3 is 10.2 Å². The Morgan fingerprint density at radius 3 is 2.77 bits per heavy atom. The van der Waals surface area contributed by atoms with Crippen molar-refractivity contribution in [3.05, 3.63) is 15.6 Å². The fraction of sp³-hybridized carbons (Fsp3) is 0.765. The highest BCUT2D eigenvalue weighted by Crippen LogP contribution is 2.20. The molecule has 22 heavy (non-hydrogen) atoms. The third-order valence-corrected chi connectivity index (χ3v) is 5.37. The molecule has 124 valence electrons. The second-order valence-corrected chi connectivity index (χ2v) is 7.45. The van der Waals surface area contributed by atoms with Gasteiger partial charge in [-0.15, -0.1) is 11.3 Å². The first-order chi connectivity index (χ1) is 10.6. The van der Waals surface area contributed by atoms with Gasteiger partial charge in [-0.2, -0.15) is 0 Å². The Labute approximate surface area is 138 Å². The maximum atomic E-state index is 12.4. The highest BCUT2D eigenvalue weighted by Gasteiger charge is 2.19. The van der Waals surface area contributed by atoms with E-state index >= 15 is 0 Å². The average molecular weight is 324 g/mol. The Morgan fingerprint density at radius 1 is 1.36 bits per heavy atom. The number of hydrogen-bond donors (Lipinski definition) is 1. The van der Waals surface area contributed by atoms with Crippen LogP contribution in [0.2, 0.25) is 0 Å². The van der Waals surface area contributed by atoms with Crippen molar-refractivity contribution in [2.24, 2.45) is 0 Å². The number of aromatic nitrogens is 1. The number of unbranched alkanes of at least 4 members (excludes halogenated alkanes) is 1. The van der Waals surface area contributed by atoms with E-state index in [1.807, 2.05) is 6.92 Å². The summed E-state index contributed by atoms with van der Waals surface area (Å²) in [7, 11) is 0. The first-order valence-corrected chi connectivity index (χ1v) is 9.41. The van der Waals surface area contributed by atoms with E-state index in [2.05, 4.69) is 29.0 Å². The van der Waals surface area contributed by atoms with Crippen molar-refractivity contribution in [2.75, 3.05) is 19.6 Å². The molecule has 0 aromatic carbocycles. The van der Waals surface area contributed by atoms with E-state index in [0.717, 1.165) is 41.4 Å². The molecule has 0 saturated carbocycles. The second-order valence-electron chi connectivity index (χ2n) is 6.36. The van der Waals surface area contributed by atoms with Crippen LogP contribution in [0.25, 0.3) is 0 Å². The van der Waals surface area contributed by atoms with Crippen LogP contribution in [0.4, 0.5) is 0 Å². The fourth-order valence-electron chi connectivity index (χ4n) is 2.96. The van der Waals surface area contributed by atoms with Gasteiger partial charge in [0.25, 0.3) is 5.91 Å². The summed E-state index contributed by atoms with van der Waals surface area (Å²) in [5.74, 6) is 0.0438. The molecule has 2 rings (SSSR count). The summed E-state index contributed by atoms with van der Waals surface area (Å²) in [4.78, 5) is 20.2. The largest absolute Gasteiger partial charge is 0.348 e. The fourth-order valence-corrected chi connectivity index (χ4v) is 3.97. The number of thiazole rings is 1. The van der Waals surface area contributed by atoms with Crippen molar-refractivity contribution in [3.8, 4) is 0 Å². The first kappa shape index (κ1) is 17.4. The molecular formula is C17H29N3OS. The molecule has 1 aliphatic heterocycles. The Kier molecular flexibility index (Phi) is 6.83. The van der Waals surface area contributed by atoms with Crippen LogP contribution in [0.1, 0.15) is 66.3 Å². The predicted molar refractivity (Wildman–Crippen MR) is 92.7 cm³/mol. The normalized spacial score (nSPS) is 17.4. The summed E-state index contributed by atoms with van der Waals surface area (Å²) < 4.78 is 0. The van der Waals surface area contributed by atoms with Crippen LogP contribution in [0.5, 0.6) is 0 Å². The third kappa shape index (κ3) is 5.06. The highest BCUT2D eigenvalue weighted by atomic mass is 32.1. The second kappa shape index (κ2) is 8.63. The Balaban J connectivity index is 1.86. The molecule has 1 fully saturated rings. The van der Waals surface area contributed by atoms with Gasteiger partial charge in [-0.05, 0) is 52.6 Å². The Morgan fingerprint density at radius 2 is 2.09 bits per heavy atom. The van der Waals surface area contributed by atoms with Crippen molar-refractivity contribution in [1.29, 1.82) is 0 Å². The zero-order valence-electron chi connectivity index (χ0n) is 14.2. The van der Waals surface area contributed by atoms with E-state index in [4.69, 9.17) is 0 Å². The molecular weight excluding hydrogens is 294 g/mol. The third-order valence-electron chi connectivity index (χ3n) is 4.15. The van der Waals surface area contributed by atoms with E-state index in [1.165, 1.54) is 32.4 Å². The van der Waals surface area contributed by atoms with Crippen molar-refractivity contribution in [1.82, 2.24) is 15.2 Å². The number of piperidine rings is 1. The lowest BCUT2D eigenvalue weighted by Crippen LogP contribution is -2.43. The molecule has 1 N–H and O–H groups in total. The van der Waals surface area contributed by atoms with E-state index in [1.54, 1.807) is 11.3 Å². The molecule has 1 aliphatic rings. The molecule has 1 unspecified atom stereocenters. The first-order valence-electron chi connectivity index (χ1n) is 8.59. The van der Waals surface area contributed by atoms with Crippen molar-refractivity contribution < 1.29 is 4.79 Å². The molecule has 1 atom stereocenters. The van der Waals surface area contributed by atoms with Gasteiger partial charge >= 0.3 is 0 Å². The smallest absolute Gasteiger partial charge is 0.263 e. The van der Waals surface area contributed by atoms with Gasteiger partial charge in [0.15, 0.2) is 0 Å². The highest BCUT2D eigenvalue weighted by molar-refractivity contribution is 7.13. The SMILES string of the molecule is CCCCc1nc(C)c(C(=O)NC(C)CN2CCCCC2)s1. The number of amides is 1. The number of aryl methyl sites for hydroxylation is 2. The minimum Gasteiger partial charge on any atom is -0.348 e. The minimum atomic E-state index is 0.0438. The van der Waals surface area contributed by atoms with Crippen LogP contribution >= 0.6 is 11.3 Å². The van der Waals surface area contributed by atoms with Crippen LogP contribution in [-0.4, -0.2) is 41.5 Å². The predicted octanol–water partition coefficient (Wildman–Crippen LogP) is 3.40. The lowest BCUT2D eigenvalue weighted by molar-refractivity contribution is 0.0929. The van der Waals surface area contributed by atoms with Crippen LogP contribution in [0.3, 0.4) is 0 Å². The molecule has 0 bridgehead atoms. The molecule has 5 heteroatoms. The van der Waals surface area contributed by atoms with E-state index in [-0.39, 0.29) is 11.9 Å². The maximum absolute atomic E-state index is 12.4. The number of likely N-dealkylation sites (tertiary alicyclic amines) is 1. The van der Waals surface area contributed by atoms with Crippen molar-refractivity contribution >= 4 is 17.2 Å². The van der Waals surface area contributed by atoms with E-state index in [9.17, 15) is 4.79 Å². The molecule has 0 spiro atoms. The van der Waals surface area contributed by atoms with Gasteiger partial charge in [-0.1, -0.05) is 19.8 Å². The standard InChI is InChI=1S/C17H29N3OS/c1-4-5-9-15-19-14(3)16(22-15)17(21)18-13(2)12-20-10-7-6-8-11-20/h13H,4-12H2,1-3H3,(H,18,21). The van der Waals surface area contributed by atoms with Crippen LogP contribution in [-0.2, 0) is 6.42 Å². The zero-order chi connectivity index (χ0) is 15.9. The van der Waals surface area contributed by atoms with E-state index in [0.29, 0.717) is 0 Å². The summed E-state index contributed by atoms with van der Waals surface area (Å²) in [5, 5.41) is 4.23. The number of rotatable bonds is 7. The van der Waals surface area contributed by atoms with Gasteiger partial charge in [0, 0.05) is 12.6 Å². The summed E-state index contributed by atoms with van der Waals surface area (Å²) in [6.45, 7) is 9.50. The van der Waals surface area contributed by atoms with Gasteiger partial charge in [-0.3, -0.25) is 4.79 Å². The lowest BCUT2D eigenvalue weighted by Gasteiger charge is -2.29. The molecule has 1 aromatic rings. The summed E-state index contributed by atoms with van der Waals surface area (Å²) in [5.41, 5.74) is 0.874. The molecule has 0 radical (unpaired) electrons. The number of nitrogens with zero attached hydrogens (tertiary/aromatic N) is 2. The van der Waals surface area contributed by atoms with Gasteiger partial charge in [-0.25, -0.2) is 4.98 Å². The summed E-state index contributed by atoms with van der Waals surface area (Å²) >= 11 is 1.56. The Hall–Kier alpha value is -0.940. The topological polar surface area (TPSA) is 45.2 Å². The molecule has 1 amide bonds. The number of nitrogens with one attached hydrogen (secondary N) is 1. The molecule has 0 aliphatic carbocycles. The summed E-state index contributed by atoms with van der Waals surface area (Å²) in [6.07, 6.45) is 7.20. The number of carbonyl (C=O) groups excluding carboxylic acids is 1. The molecule has 1 aromatic heterocycles. The van der Waals surface area contributed by atoms with Crippen LogP contribution < -0.4 is 5.32 Å². The quantitative estimate of drug-likeness (QED) is 0.836. The number of carbonyl (C=O) groups is 1. The summed E-state index contributed by atoms with van der Waals surface area (Å²) in [6, 6.07) is 0.186. The monoisotopic (exact) mass is 323 g/mol. The van der Waals surface area contributed by atoms with Crippen molar-refractivity contribution in [2.45, 2.75) is 65.3 Å².